The standard InChI is InChI=1S/C13H21NO3/c1-2-3-4-5-6-7-10-17-12-11(15)8-9-14-13(12)16/h8-9H,2-7,10H2,1H3,(H2,14,15,16). The molecule has 17 heavy (non-hydrogen) atoms. The van der Waals surface area contributed by atoms with E-state index < -0.39 is 0 Å². The lowest BCUT2D eigenvalue weighted by molar-refractivity contribution is 0.284. The van der Waals surface area contributed by atoms with Crippen LogP contribution >= 0.6 is 0 Å². The van der Waals surface area contributed by atoms with E-state index in [0.29, 0.717) is 6.61 Å². The molecule has 0 amide bonds. The Kier molecular flexibility index (Phi) is 6.22. The molecule has 0 unspecified atom stereocenters. The summed E-state index contributed by atoms with van der Waals surface area (Å²) in [6, 6.07) is 1.41. The Balaban J connectivity index is 2.20. The molecular formula is C13H21NO3. The highest BCUT2D eigenvalue weighted by atomic mass is 16.5. The summed E-state index contributed by atoms with van der Waals surface area (Å²) in [5, 5.41) is 9.42. The van der Waals surface area contributed by atoms with Gasteiger partial charge in [-0.15, -0.1) is 0 Å². The molecule has 0 fully saturated rings. The van der Waals surface area contributed by atoms with Crippen LogP contribution in [0.2, 0.25) is 0 Å². The van der Waals surface area contributed by atoms with Gasteiger partial charge in [-0.1, -0.05) is 39.0 Å². The van der Waals surface area contributed by atoms with Gasteiger partial charge in [0.15, 0.2) is 5.75 Å². The molecule has 0 aromatic carbocycles. The van der Waals surface area contributed by atoms with Gasteiger partial charge in [-0.05, 0) is 6.42 Å². The van der Waals surface area contributed by atoms with Crippen LogP contribution in [0.15, 0.2) is 17.1 Å². The molecule has 0 bridgehead atoms. The van der Waals surface area contributed by atoms with Crippen molar-refractivity contribution in [3.05, 3.63) is 22.6 Å². The lowest BCUT2D eigenvalue weighted by Gasteiger charge is -2.06. The Labute approximate surface area is 102 Å². The summed E-state index contributed by atoms with van der Waals surface area (Å²) in [7, 11) is 0. The zero-order chi connectivity index (χ0) is 12.5. The number of aromatic nitrogens is 1. The van der Waals surface area contributed by atoms with Gasteiger partial charge in [0.25, 0.3) is 5.56 Å². The molecule has 2 N–H and O–H groups in total. The lowest BCUT2D eigenvalue weighted by Crippen LogP contribution is -2.11. The first-order valence-corrected chi connectivity index (χ1v) is 6.29. The van der Waals surface area contributed by atoms with E-state index >= 15 is 0 Å². The fourth-order valence-electron chi connectivity index (χ4n) is 1.65. The van der Waals surface area contributed by atoms with Crippen molar-refractivity contribution in [3.8, 4) is 11.5 Å². The van der Waals surface area contributed by atoms with Crippen molar-refractivity contribution in [2.24, 2.45) is 0 Å². The third kappa shape index (κ3) is 4.93. The average molecular weight is 239 g/mol. The normalized spacial score (nSPS) is 10.4. The number of hydrogen-bond donors (Lipinski definition) is 2. The first-order chi connectivity index (χ1) is 8.25. The number of ether oxygens (including phenoxy) is 1. The van der Waals surface area contributed by atoms with E-state index in [1.165, 1.54) is 37.9 Å². The van der Waals surface area contributed by atoms with Crippen LogP contribution in [0.25, 0.3) is 0 Å². The number of aromatic amines is 1. The topological polar surface area (TPSA) is 62.3 Å². The van der Waals surface area contributed by atoms with Crippen molar-refractivity contribution in [1.29, 1.82) is 0 Å². The first-order valence-electron chi connectivity index (χ1n) is 6.29. The summed E-state index contributed by atoms with van der Waals surface area (Å²) in [4.78, 5) is 13.8. The average Bonchev–Trinajstić information content (AvgIpc) is 2.31. The van der Waals surface area contributed by atoms with Gasteiger partial charge in [-0.3, -0.25) is 4.79 Å². The van der Waals surface area contributed by atoms with Gasteiger partial charge in [-0.25, -0.2) is 0 Å². The van der Waals surface area contributed by atoms with Gasteiger partial charge in [0.1, 0.15) is 0 Å². The van der Waals surface area contributed by atoms with Gasteiger partial charge < -0.3 is 14.8 Å². The molecule has 1 aromatic rings. The Hall–Kier alpha value is -1.45. The monoisotopic (exact) mass is 239 g/mol. The second kappa shape index (κ2) is 7.76. The first kappa shape index (κ1) is 13.6. The molecule has 96 valence electrons. The number of H-pyrrole nitrogens is 1. The number of aromatic hydroxyl groups is 1. The second-order valence-electron chi connectivity index (χ2n) is 4.14. The molecule has 0 aliphatic carbocycles. The number of rotatable bonds is 8. The van der Waals surface area contributed by atoms with Gasteiger partial charge in [0.05, 0.1) is 6.61 Å². The third-order valence-corrected chi connectivity index (χ3v) is 2.64. The van der Waals surface area contributed by atoms with Gasteiger partial charge >= 0.3 is 0 Å². The molecular weight excluding hydrogens is 218 g/mol. The highest BCUT2D eigenvalue weighted by molar-refractivity contribution is 5.34. The Morgan fingerprint density at radius 1 is 1.24 bits per heavy atom. The maximum absolute atomic E-state index is 11.3. The van der Waals surface area contributed by atoms with Crippen LogP contribution in [0.3, 0.4) is 0 Å². The molecule has 0 radical (unpaired) electrons. The van der Waals surface area contributed by atoms with Crippen LogP contribution in [0.4, 0.5) is 0 Å². The van der Waals surface area contributed by atoms with E-state index in [1.54, 1.807) is 0 Å². The van der Waals surface area contributed by atoms with E-state index in [4.69, 9.17) is 4.74 Å². The van der Waals surface area contributed by atoms with Gasteiger partial charge in [0.2, 0.25) is 5.75 Å². The van der Waals surface area contributed by atoms with E-state index in [0.717, 1.165) is 12.8 Å². The fraction of sp³-hybridized carbons (Fsp3) is 0.615. The number of hydrogen-bond acceptors (Lipinski definition) is 3. The maximum Gasteiger partial charge on any atom is 0.294 e. The highest BCUT2D eigenvalue weighted by Gasteiger charge is 2.06. The number of unbranched alkanes of at least 4 members (excludes halogenated alkanes) is 5. The Morgan fingerprint density at radius 3 is 2.65 bits per heavy atom. The predicted molar refractivity (Wildman–Crippen MR) is 67.6 cm³/mol. The molecule has 4 heteroatoms. The van der Waals surface area contributed by atoms with Crippen LogP contribution in [0.1, 0.15) is 45.4 Å². The van der Waals surface area contributed by atoms with Crippen molar-refractivity contribution in [2.75, 3.05) is 6.61 Å². The predicted octanol–water partition coefficient (Wildman–Crippen LogP) is 2.82. The van der Waals surface area contributed by atoms with Gasteiger partial charge in [-0.2, -0.15) is 0 Å². The van der Waals surface area contributed by atoms with E-state index in [1.807, 2.05) is 0 Å². The summed E-state index contributed by atoms with van der Waals surface area (Å²) >= 11 is 0. The molecule has 0 saturated carbocycles. The molecule has 1 rings (SSSR count). The van der Waals surface area contributed by atoms with Crippen LogP contribution in [0.5, 0.6) is 11.5 Å². The molecule has 1 heterocycles. The smallest absolute Gasteiger partial charge is 0.294 e. The summed E-state index contributed by atoms with van der Waals surface area (Å²) in [5.74, 6) is -0.0687. The highest BCUT2D eigenvalue weighted by Crippen LogP contribution is 2.19. The van der Waals surface area contributed by atoms with Crippen molar-refractivity contribution in [2.45, 2.75) is 45.4 Å². The molecule has 0 aliphatic rings. The summed E-state index contributed by atoms with van der Waals surface area (Å²) in [6.45, 7) is 2.67. The Morgan fingerprint density at radius 2 is 1.94 bits per heavy atom. The zero-order valence-electron chi connectivity index (χ0n) is 10.4. The van der Waals surface area contributed by atoms with Crippen molar-refractivity contribution in [3.63, 3.8) is 0 Å². The summed E-state index contributed by atoms with van der Waals surface area (Å²) in [5.41, 5.74) is -0.379. The molecule has 4 nitrogen and oxygen atoms in total. The molecule has 1 aromatic heterocycles. The fourth-order valence-corrected chi connectivity index (χ4v) is 1.65. The van der Waals surface area contributed by atoms with Crippen molar-refractivity contribution >= 4 is 0 Å². The van der Waals surface area contributed by atoms with Crippen LogP contribution < -0.4 is 10.3 Å². The maximum atomic E-state index is 11.3. The zero-order valence-corrected chi connectivity index (χ0v) is 10.4. The molecule has 0 spiro atoms. The van der Waals surface area contributed by atoms with Gasteiger partial charge in [0, 0.05) is 12.3 Å². The SMILES string of the molecule is CCCCCCCCOc1c(O)cc[nH]c1=O. The van der Waals surface area contributed by atoms with Crippen molar-refractivity contribution in [1.82, 2.24) is 4.98 Å². The van der Waals surface area contributed by atoms with Crippen LogP contribution in [-0.4, -0.2) is 16.7 Å². The minimum Gasteiger partial charge on any atom is -0.504 e. The van der Waals surface area contributed by atoms with E-state index in [-0.39, 0.29) is 17.1 Å². The third-order valence-electron chi connectivity index (χ3n) is 2.64. The van der Waals surface area contributed by atoms with E-state index in [9.17, 15) is 9.90 Å². The minimum absolute atomic E-state index is 0.0288. The Bertz CT molecular complexity index is 373. The number of nitrogens with one attached hydrogen (secondary N) is 1. The van der Waals surface area contributed by atoms with Crippen molar-refractivity contribution < 1.29 is 9.84 Å². The minimum atomic E-state index is -0.379. The summed E-state index contributed by atoms with van der Waals surface area (Å²) < 4.78 is 5.28. The summed E-state index contributed by atoms with van der Waals surface area (Å²) in [6.07, 6.45) is 8.39. The number of pyridine rings is 1. The van der Waals surface area contributed by atoms with E-state index in [2.05, 4.69) is 11.9 Å². The second-order valence-corrected chi connectivity index (χ2v) is 4.14. The largest absolute Gasteiger partial charge is 0.504 e. The quantitative estimate of drug-likeness (QED) is 0.686. The van der Waals surface area contributed by atoms with Crippen LogP contribution in [0, 0.1) is 0 Å². The lowest BCUT2D eigenvalue weighted by atomic mass is 10.1. The van der Waals surface area contributed by atoms with Crippen LogP contribution in [-0.2, 0) is 0 Å². The molecule has 0 atom stereocenters. The molecule has 0 aliphatic heterocycles. The molecule has 0 saturated heterocycles.